The van der Waals surface area contributed by atoms with Gasteiger partial charge in [0.15, 0.2) is 0 Å². The van der Waals surface area contributed by atoms with Gasteiger partial charge in [-0.3, -0.25) is 0 Å². The molecule has 0 saturated carbocycles. The number of rotatable bonds is 2. The molecular formula is C25H22Cl2Zr. The van der Waals surface area contributed by atoms with Gasteiger partial charge < -0.3 is 24.8 Å². The predicted octanol–water partition coefficient (Wildman–Crippen LogP) is 0.285. The molecule has 0 radical (unpaired) electrons. The molecule has 3 aliphatic rings. The summed E-state index contributed by atoms with van der Waals surface area (Å²) in [5.41, 5.74) is 5.99. The second kappa shape index (κ2) is 8.62. The van der Waals surface area contributed by atoms with Crippen molar-refractivity contribution in [2.45, 2.75) is 26.7 Å². The van der Waals surface area contributed by atoms with Crippen molar-refractivity contribution in [3.63, 3.8) is 0 Å². The average Bonchev–Trinajstić information content (AvgIpc) is 3.32. The second-order valence-corrected chi connectivity index (χ2v) is 14.7. The fourth-order valence-electron chi connectivity index (χ4n) is 4.55. The molecule has 2 aromatic rings. The van der Waals surface area contributed by atoms with E-state index in [-0.39, 0.29) is 24.8 Å². The van der Waals surface area contributed by atoms with Crippen LogP contribution in [0.4, 0.5) is 0 Å². The largest absolute Gasteiger partial charge is 1.00 e. The van der Waals surface area contributed by atoms with E-state index in [1.54, 1.807) is 15.3 Å². The molecule has 0 amide bonds. The van der Waals surface area contributed by atoms with Crippen molar-refractivity contribution in [3.8, 4) is 0 Å². The molecule has 0 nitrogen and oxygen atoms in total. The summed E-state index contributed by atoms with van der Waals surface area (Å²) in [6, 6.07) is 13.5. The van der Waals surface area contributed by atoms with Crippen LogP contribution in [0.1, 0.15) is 31.4 Å². The molecule has 0 fully saturated rings. The molecule has 2 aromatic carbocycles. The van der Waals surface area contributed by atoms with Crippen molar-refractivity contribution in [1.29, 1.82) is 0 Å². The number of benzene rings is 2. The zero-order valence-corrected chi connectivity index (χ0v) is 20.1. The van der Waals surface area contributed by atoms with Gasteiger partial charge in [-0.05, 0) is 0 Å². The van der Waals surface area contributed by atoms with Crippen LogP contribution in [0.25, 0.3) is 16.3 Å². The number of allylic oxidation sites excluding steroid dienone is 10. The minimum atomic E-state index is -1.98. The van der Waals surface area contributed by atoms with E-state index in [4.69, 9.17) is 0 Å². The third-order valence-electron chi connectivity index (χ3n) is 5.66. The third kappa shape index (κ3) is 3.43. The van der Waals surface area contributed by atoms with E-state index in [1.165, 1.54) is 27.5 Å². The quantitative estimate of drug-likeness (QED) is 0.575. The molecule has 0 spiro atoms. The van der Waals surface area contributed by atoms with Crippen LogP contribution in [-0.2, 0) is 27.7 Å². The molecule has 0 aliphatic heterocycles. The maximum Gasteiger partial charge on any atom is -1.00 e. The fraction of sp³-hybridized carbons (Fsp3) is 0.160. The van der Waals surface area contributed by atoms with Gasteiger partial charge in [0.05, 0.1) is 0 Å². The summed E-state index contributed by atoms with van der Waals surface area (Å²) in [6.45, 7) is 4.73. The Morgan fingerprint density at radius 1 is 0.929 bits per heavy atom. The van der Waals surface area contributed by atoms with Crippen LogP contribution in [0.2, 0.25) is 0 Å². The molecule has 28 heavy (non-hydrogen) atoms. The van der Waals surface area contributed by atoms with Gasteiger partial charge in [-0.25, -0.2) is 0 Å². The molecule has 140 valence electrons. The molecule has 3 heteroatoms. The average molecular weight is 485 g/mol. The summed E-state index contributed by atoms with van der Waals surface area (Å²) in [5, 5.41) is 2.78. The second-order valence-electron chi connectivity index (χ2n) is 7.51. The standard InChI is InChI=1S/C17H11.C5H5.C3H6.2ClH.Zr/c1-2-6-15-12(4-1)8-10-14-11-9-13-5-3-7-16(13)17(14)15;1-2-4-5-3-1;1-3-2;;;/h1-6,8-10H,11H2;1-3H,4H2;1-2H3;2*1H;/q;;;;;+2/p-2. The maximum absolute atomic E-state index is 2.46. The van der Waals surface area contributed by atoms with Gasteiger partial charge in [-0.1, -0.05) is 0 Å². The predicted molar refractivity (Wildman–Crippen MR) is 110 cm³/mol. The Labute approximate surface area is 187 Å². The smallest absolute Gasteiger partial charge is 1.00 e. The first-order valence-electron chi connectivity index (χ1n) is 9.42. The number of hydrogen-bond donors (Lipinski definition) is 0. The van der Waals surface area contributed by atoms with Crippen LogP contribution in [0, 0.1) is 0 Å². The van der Waals surface area contributed by atoms with E-state index >= 15 is 0 Å². The number of halogens is 2. The molecule has 3 aliphatic carbocycles. The first-order chi connectivity index (χ1) is 12.7. The minimum absolute atomic E-state index is 0. The monoisotopic (exact) mass is 482 g/mol. The van der Waals surface area contributed by atoms with E-state index in [9.17, 15) is 0 Å². The molecular weight excluding hydrogens is 462 g/mol. The van der Waals surface area contributed by atoms with E-state index in [0.29, 0.717) is 0 Å². The summed E-state index contributed by atoms with van der Waals surface area (Å²) in [6.07, 6.45) is 16.5. The zero-order valence-electron chi connectivity index (χ0n) is 16.1. The van der Waals surface area contributed by atoms with Crippen LogP contribution in [0.3, 0.4) is 0 Å². The van der Waals surface area contributed by atoms with E-state index in [2.05, 4.69) is 86.7 Å². The Morgan fingerprint density at radius 2 is 1.75 bits per heavy atom. The van der Waals surface area contributed by atoms with Crippen LogP contribution in [-0.4, -0.2) is 3.21 Å². The molecule has 0 unspecified atom stereocenters. The van der Waals surface area contributed by atoms with Gasteiger partial charge in [0, 0.05) is 0 Å². The van der Waals surface area contributed by atoms with Gasteiger partial charge in [-0.2, -0.15) is 0 Å². The summed E-state index contributed by atoms with van der Waals surface area (Å²) in [4.78, 5) is 0. The topological polar surface area (TPSA) is 0 Å². The summed E-state index contributed by atoms with van der Waals surface area (Å²) >= 11 is -1.98. The van der Waals surface area contributed by atoms with Crippen molar-refractivity contribution >= 4 is 19.6 Å². The molecule has 0 heterocycles. The van der Waals surface area contributed by atoms with Gasteiger partial charge >= 0.3 is 164 Å². The van der Waals surface area contributed by atoms with E-state index in [0.717, 1.165) is 12.8 Å². The van der Waals surface area contributed by atoms with Crippen LogP contribution < -0.4 is 24.8 Å². The van der Waals surface area contributed by atoms with Crippen molar-refractivity contribution in [3.05, 3.63) is 96.1 Å². The zero-order chi connectivity index (χ0) is 17.7. The van der Waals surface area contributed by atoms with Crippen LogP contribution >= 0.6 is 0 Å². The van der Waals surface area contributed by atoms with E-state index in [1.807, 2.05) is 0 Å². The van der Waals surface area contributed by atoms with Gasteiger partial charge in [0.2, 0.25) is 0 Å². The number of hydrogen-bond acceptors (Lipinski definition) is 0. The van der Waals surface area contributed by atoms with Crippen LogP contribution in [0.5, 0.6) is 0 Å². The molecule has 0 saturated heterocycles. The first kappa shape index (κ1) is 21.4. The van der Waals surface area contributed by atoms with Crippen LogP contribution in [0.15, 0.2) is 85.0 Å². The third-order valence-corrected chi connectivity index (χ3v) is 13.0. The van der Waals surface area contributed by atoms with Crippen molar-refractivity contribution in [2.24, 2.45) is 0 Å². The Morgan fingerprint density at radius 3 is 2.50 bits per heavy atom. The Bertz CT molecular complexity index is 1140. The molecule has 0 bridgehead atoms. The Hall–Kier alpha value is -1.27. The normalized spacial score (nSPS) is 15.8. The first-order valence-corrected chi connectivity index (χ1v) is 13.1. The fourth-order valence-corrected chi connectivity index (χ4v) is 11.6. The van der Waals surface area contributed by atoms with Gasteiger partial charge in [0.1, 0.15) is 0 Å². The SMILES string of the molecule is C[C](C)=[Zr+2]([C]1=CC=CC1)[C]1=C2C(=CCc3ccc4ccccc4c32)C=C1.[Cl-].[Cl-]. The van der Waals surface area contributed by atoms with Gasteiger partial charge in [0.25, 0.3) is 0 Å². The van der Waals surface area contributed by atoms with Gasteiger partial charge in [-0.15, -0.1) is 0 Å². The minimum Gasteiger partial charge on any atom is -1.00 e. The van der Waals surface area contributed by atoms with Crippen molar-refractivity contribution < 1.29 is 46.1 Å². The Kier molecular flexibility index (Phi) is 6.60. The van der Waals surface area contributed by atoms with E-state index < -0.39 is 21.3 Å². The molecule has 0 N–H and O–H groups in total. The summed E-state index contributed by atoms with van der Waals surface area (Å²) in [7, 11) is 0. The summed E-state index contributed by atoms with van der Waals surface area (Å²) < 4.78 is 5.06. The molecule has 0 aromatic heterocycles. The van der Waals surface area contributed by atoms with Crippen molar-refractivity contribution in [1.82, 2.24) is 0 Å². The maximum atomic E-state index is 2.46. The Balaban J connectivity index is 0.00000112. The molecule has 5 rings (SSSR count). The van der Waals surface area contributed by atoms with Crippen molar-refractivity contribution in [2.75, 3.05) is 0 Å². The summed E-state index contributed by atoms with van der Waals surface area (Å²) in [5.74, 6) is 0. The number of fused-ring (bicyclic) bond motifs is 5. The molecule has 0 atom stereocenters.